The van der Waals surface area contributed by atoms with E-state index in [0.29, 0.717) is 6.54 Å². The molecule has 0 radical (unpaired) electrons. The van der Waals surface area contributed by atoms with Crippen molar-refractivity contribution in [1.82, 2.24) is 9.80 Å². The first-order valence-corrected chi connectivity index (χ1v) is 7.62. The summed E-state index contributed by atoms with van der Waals surface area (Å²) in [5, 5.41) is 11.0. The van der Waals surface area contributed by atoms with Crippen LogP contribution in [-0.2, 0) is 0 Å². The molecule has 0 aliphatic carbocycles. The number of nitrogens with two attached hydrogens (primary N) is 1. The Morgan fingerprint density at radius 1 is 1.30 bits per heavy atom. The second-order valence-electron chi connectivity index (χ2n) is 5.86. The van der Waals surface area contributed by atoms with Gasteiger partial charge in [0, 0.05) is 18.7 Å². The molecule has 1 aromatic carbocycles. The average molecular weight is 318 g/mol. The number of amides is 2. The van der Waals surface area contributed by atoms with Gasteiger partial charge in [-0.2, -0.15) is 0 Å². The molecule has 23 heavy (non-hydrogen) atoms. The van der Waals surface area contributed by atoms with Gasteiger partial charge in [-0.3, -0.25) is 29.5 Å². The molecule has 1 saturated heterocycles. The van der Waals surface area contributed by atoms with Crippen LogP contribution in [0.3, 0.4) is 0 Å². The van der Waals surface area contributed by atoms with E-state index in [1.165, 1.54) is 11.0 Å². The van der Waals surface area contributed by atoms with E-state index in [9.17, 15) is 19.7 Å². The molecule has 2 heterocycles. The number of rotatable bonds is 4. The van der Waals surface area contributed by atoms with Gasteiger partial charge in [-0.05, 0) is 32.0 Å². The lowest BCUT2D eigenvalue weighted by molar-refractivity contribution is -0.383. The highest BCUT2D eigenvalue weighted by Crippen LogP contribution is 2.32. The molecule has 2 N–H and O–H groups in total. The zero-order valence-electron chi connectivity index (χ0n) is 12.8. The minimum absolute atomic E-state index is 0.0666. The Balaban J connectivity index is 1.90. The van der Waals surface area contributed by atoms with Crippen molar-refractivity contribution < 1.29 is 14.5 Å². The number of anilines is 1. The van der Waals surface area contributed by atoms with Crippen LogP contribution in [0.1, 0.15) is 40.5 Å². The number of carbonyl (C=O) groups excluding carboxylic acids is 2. The fourth-order valence-electron chi connectivity index (χ4n) is 3.39. The lowest BCUT2D eigenvalue weighted by atomic mass is 10.1. The highest BCUT2D eigenvalue weighted by atomic mass is 16.6. The van der Waals surface area contributed by atoms with Crippen LogP contribution >= 0.6 is 0 Å². The van der Waals surface area contributed by atoms with Gasteiger partial charge in [-0.25, -0.2) is 0 Å². The fraction of sp³-hybridized carbons (Fsp3) is 0.467. The highest BCUT2D eigenvalue weighted by molar-refractivity contribution is 6.22. The van der Waals surface area contributed by atoms with Gasteiger partial charge >= 0.3 is 0 Å². The summed E-state index contributed by atoms with van der Waals surface area (Å²) < 4.78 is 0. The van der Waals surface area contributed by atoms with Crippen molar-refractivity contribution in [3.8, 4) is 0 Å². The third kappa shape index (κ3) is 2.44. The number of benzene rings is 1. The van der Waals surface area contributed by atoms with Crippen LogP contribution in [0.5, 0.6) is 0 Å². The number of nitro benzene ring substituents is 1. The molecule has 8 heteroatoms. The number of likely N-dealkylation sites (N-methyl/N-ethyl adjacent to an activating group) is 1. The van der Waals surface area contributed by atoms with Crippen LogP contribution in [0.2, 0.25) is 0 Å². The summed E-state index contributed by atoms with van der Waals surface area (Å²) >= 11 is 0. The van der Waals surface area contributed by atoms with E-state index in [1.54, 1.807) is 0 Å². The normalized spacial score (nSPS) is 21.1. The van der Waals surface area contributed by atoms with E-state index < -0.39 is 16.7 Å². The van der Waals surface area contributed by atoms with Crippen LogP contribution in [0.25, 0.3) is 0 Å². The summed E-state index contributed by atoms with van der Waals surface area (Å²) in [6.45, 7) is 4.19. The first-order valence-electron chi connectivity index (χ1n) is 7.62. The Morgan fingerprint density at radius 3 is 2.57 bits per heavy atom. The maximum absolute atomic E-state index is 12.5. The Morgan fingerprint density at radius 2 is 1.96 bits per heavy atom. The Bertz CT molecular complexity index is 703. The van der Waals surface area contributed by atoms with Gasteiger partial charge in [0.05, 0.1) is 16.1 Å². The Labute approximate surface area is 133 Å². The Kier molecular flexibility index (Phi) is 3.77. The first kappa shape index (κ1) is 15.4. The number of likely N-dealkylation sites (tertiary alicyclic amines) is 1. The molecular weight excluding hydrogens is 300 g/mol. The van der Waals surface area contributed by atoms with Crippen molar-refractivity contribution in [1.29, 1.82) is 0 Å². The number of nitrogens with zero attached hydrogens (tertiary/aromatic N) is 3. The predicted molar refractivity (Wildman–Crippen MR) is 83.1 cm³/mol. The maximum Gasteiger partial charge on any atom is 0.292 e. The molecule has 0 saturated carbocycles. The fourth-order valence-corrected chi connectivity index (χ4v) is 3.39. The minimum Gasteiger partial charge on any atom is -0.393 e. The molecular formula is C15H18N4O4. The van der Waals surface area contributed by atoms with E-state index in [0.717, 1.165) is 32.0 Å². The first-order chi connectivity index (χ1) is 10.9. The molecule has 2 amide bonds. The van der Waals surface area contributed by atoms with Crippen molar-refractivity contribution in [2.75, 3.05) is 25.4 Å². The third-order valence-corrected chi connectivity index (χ3v) is 4.61. The summed E-state index contributed by atoms with van der Waals surface area (Å²) in [4.78, 5) is 38.7. The average Bonchev–Trinajstić information content (AvgIpc) is 3.05. The number of carbonyl (C=O) groups is 2. The largest absolute Gasteiger partial charge is 0.393 e. The second-order valence-corrected chi connectivity index (χ2v) is 5.86. The summed E-state index contributed by atoms with van der Waals surface area (Å²) in [7, 11) is 0. The van der Waals surface area contributed by atoms with Gasteiger partial charge < -0.3 is 5.73 Å². The SMILES string of the molecule is CCN1CCC[C@@H]1CN1C(=O)c2cc(N)c([N+](=O)[O-])cc2C1=O. The molecule has 0 aromatic heterocycles. The molecule has 2 aliphatic rings. The van der Waals surface area contributed by atoms with Gasteiger partial charge in [-0.1, -0.05) is 6.92 Å². The van der Waals surface area contributed by atoms with E-state index in [4.69, 9.17) is 5.73 Å². The van der Waals surface area contributed by atoms with Crippen LogP contribution < -0.4 is 5.73 Å². The zero-order valence-corrected chi connectivity index (χ0v) is 12.8. The zero-order chi connectivity index (χ0) is 16.7. The number of hydrogen-bond donors (Lipinski definition) is 1. The number of nitrogen functional groups attached to an aromatic ring is 1. The highest BCUT2D eigenvalue weighted by Gasteiger charge is 2.40. The van der Waals surface area contributed by atoms with Gasteiger partial charge in [-0.15, -0.1) is 0 Å². The van der Waals surface area contributed by atoms with Crippen LogP contribution in [0, 0.1) is 10.1 Å². The van der Waals surface area contributed by atoms with Crippen molar-refractivity contribution in [2.24, 2.45) is 0 Å². The smallest absolute Gasteiger partial charge is 0.292 e. The summed E-state index contributed by atoms with van der Waals surface area (Å²) in [6, 6.07) is 2.49. The van der Waals surface area contributed by atoms with Crippen LogP contribution in [-0.4, -0.2) is 52.2 Å². The Hall–Kier alpha value is -2.48. The molecule has 1 atom stereocenters. The van der Waals surface area contributed by atoms with Crippen molar-refractivity contribution in [2.45, 2.75) is 25.8 Å². The quantitative estimate of drug-likeness (QED) is 0.387. The molecule has 1 fully saturated rings. The molecule has 0 unspecified atom stereocenters. The van der Waals surface area contributed by atoms with Gasteiger partial charge in [0.2, 0.25) is 0 Å². The van der Waals surface area contributed by atoms with E-state index in [1.807, 2.05) is 6.92 Å². The van der Waals surface area contributed by atoms with Crippen molar-refractivity contribution >= 4 is 23.2 Å². The second kappa shape index (κ2) is 5.62. The van der Waals surface area contributed by atoms with E-state index in [-0.39, 0.29) is 28.5 Å². The summed E-state index contributed by atoms with van der Waals surface area (Å²) in [6.07, 6.45) is 1.98. The van der Waals surface area contributed by atoms with Crippen LogP contribution in [0.4, 0.5) is 11.4 Å². The molecule has 3 rings (SSSR count). The lowest BCUT2D eigenvalue weighted by Crippen LogP contribution is -2.42. The number of imide groups is 1. The molecule has 0 bridgehead atoms. The van der Waals surface area contributed by atoms with E-state index >= 15 is 0 Å². The molecule has 2 aliphatic heterocycles. The number of fused-ring (bicyclic) bond motifs is 1. The lowest BCUT2D eigenvalue weighted by Gasteiger charge is -2.26. The van der Waals surface area contributed by atoms with Crippen molar-refractivity contribution in [3.05, 3.63) is 33.4 Å². The standard InChI is InChI=1S/C15H18N4O4/c1-2-17-5-3-4-9(17)8-18-14(20)10-6-12(16)13(19(22)23)7-11(10)15(18)21/h6-7,9H,2-5,8,16H2,1H3/t9-/m1/s1. The molecule has 0 spiro atoms. The number of hydrogen-bond acceptors (Lipinski definition) is 6. The molecule has 122 valence electrons. The summed E-state index contributed by atoms with van der Waals surface area (Å²) in [5.41, 5.74) is 5.39. The predicted octanol–water partition coefficient (Wildman–Crippen LogP) is 1.26. The van der Waals surface area contributed by atoms with E-state index in [2.05, 4.69) is 4.90 Å². The molecule has 1 aromatic rings. The van der Waals surface area contributed by atoms with Gasteiger partial charge in [0.15, 0.2) is 0 Å². The maximum atomic E-state index is 12.5. The third-order valence-electron chi connectivity index (χ3n) is 4.61. The topological polar surface area (TPSA) is 110 Å². The molecule has 8 nitrogen and oxygen atoms in total. The van der Waals surface area contributed by atoms with Crippen molar-refractivity contribution in [3.63, 3.8) is 0 Å². The summed E-state index contributed by atoms with van der Waals surface area (Å²) in [5.74, 6) is -0.898. The monoisotopic (exact) mass is 318 g/mol. The van der Waals surface area contributed by atoms with Gasteiger partial charge in [0.25, 0.3) is 17.5 Å². The van der Waals surface area contributed by atoms with Crippen LogP contribution in [0.15, 0.2) is 12.1 Å². The minimum atomic E-state index is -0.647. The number of nitro groups is 1. The van der Waals surface area contributed by atoms with Gasteiger partial charge in [0.1, 0.15) is 5.69 Å².